The normalized spacial score (nSPS) is 12.0. The Labute approximate surface area is 134 Å². The number of hydrogen-bond acceptors (Lipinski definition) is 1. The van der Waals surface area contributed by atoms with E-state index in [-0.39, 0.29) is 5.56 Å². The van der Waals surface area contributed by atoms with Crippen molar-refractivity contribution < 1.29 is 13.6 Å². The van der Waals surface area contributed by atoms with Gasteiger partial charge in [-0.15, -0.1) is 0 Å². The van der Waals surface area contributed by atoms with Crippen LogP contribution in [0.25, 0.3) is 0 Å². The van der Waals surface area contributed by atoms with Crippen LogP contribution in [0.4, 0.5) is 8.78 Å². The zero-order valence-corrected chi connectivity index (χ0v) is 13.3. The van der Waals surface area contributed by atoms with Gasteiger partial charge in [0.2, 0.25) is 0 Å². The summed E-state index contributed by atoms with van der Waals surface area (Å²) in [5, 5.41) is 2.94. The molecular weight excluding hydrogens is 364 g/mol. The molecule has 1 atom stereocenters. The molecule has 1 amide bonds. The van der Waals surface area contributed by atoms with E-state index in [0.29, 0.717) is 15.1 Å². The van der Waals surface area contributed by atoms with Gasteiger partial charge >= 0.3 is 0 Å². The molecular formula is C15H11BrClF2NO. The van der Waals surface area contributed by atoms with Gasteiger partial charge in [0.15, 0.2) is 0 Å². The third-order valence-corrected chi connectivity index (χ3v) is 3.58. The van der Waals surface area contributed by atoms with Crippen molar-refractivity contribution >= 4 is 33.4 Å². The monoisotopic (exact) mass is 373 g/mol. The third kappa shape index (κ3) is 3.80. The highest BCUT2D eigenvalue weighted by molar-refractivity contribution is 9.10. The molecule has 0 bridgehead atoms. The zero-order chi connectivity index (χ0) is 15.6. The maximum Gasteiger partial charge on any atom is 0.251 e. The van der Waals surface area contributed by atoms with Gasteiger partial charge < -0.3 is 5.32 Å². The molecule has 0 heterocycles. The summed E-state index contributed by atoms with van der Waals surface area (Å²) in [5.74, 6) is -1.86. The van der Waals surface area contributed by atoms with Crippen LogP contribution < -0.4 is 5.32 Å². The lowest BCUT2D eigenvalue weighted by Crippen LogP contribution is -2.28. The number of carbonyl (C=O) groups is 1. The summed E-state index contributed by atoms with van der Waals surface area (Å²) in [6.45, 7) is 1.51. The van der Waals surface area contributed by atoms with Gasteiger partial charge in [0.25, 0.3) is 5.91 Å². The van der Waals surface area contributed by atoms with Crippen molar-refractivity contribution in [2.45, 2.75) is 13.0 Å². The fraction of sp³-hybridized carbons (Fsp3) is 0.133. The highest BCUT2D eigenvalue weighted by atomic mass is 79.9. The van der Waals surface area contributed by atoms with E-state index in [4.69, 9.17) is 11.6 Å². The number of nitrogens with one attached hydrogen (secondary N) is 1. The number of amides is 1. The van der Waals surface area contributed by atoms with Gasteiger partial charge in [0.05, 0.1) is 6.04 Å². The van der Waals surface area contributed by atoms with Crippen LogP contribution in [0.3, 0.4) is 0 Å². The second-order valence-corrected chi connectivity index (χ2v) is 5.84. The minimum absolute atomic E-state index is 0.174. The van der Waals surface area contributed by atoms with Crippen LogP contribution in [-0.4, -0.2) is 5.91 Å². The summed E-state index contributed by atoms with van der Waals surface area (Å²) in [6.07, 6.45) is 0. The van der Waals surface area contributed by atoms with E-state index in [1.165, 1.54) is 19.1 Å². The van der Waals surface area contributed by atoms with Crippen LogP contribution >= 0.6 is 27.5 Å². The standard InChI is InChI=1S/C15H11BrClF2NO/c1-8(14-12(18)3-2-4-13(14)19)20-15(21)9-5-10(16)7-11(17)6-9/h2-8H,1H3,(H,20,21). The molecule has 2 aromatic rings. The van der Waals surface area contributed by atoms with Crippen molar-refractivity contribution in [2.24, 2.45) is 0 Å². The Morgan fingerprint density at radius 3 is 2.43 bits per heavy atom. The number of hydrogen-bond donors (Lipinski definition) is 1. The zero-order valence-electron chi connectivity index (χ0n) is 11.0. The summed E-state index contributed by atoms with van der Waals surface area (Å²) in [4.78, 5) is 12.1. The van der Waals surface area contributed by atoms with Crippen LogP contribution in [0, 0.1) is 11.6 Å². The lowest BCUT2D eigenvalue weighted by molar-refractivity contribution is 0.0938. The average Bonchev–Trinajstić information content (AvgIpc) is 2.37. The summed E-state index contributed by atoms with van der Waals surface area (Å²) >= 11 is 9.10. The maximum atomic E-state index is 13.7. The Hall–Kier alpha value is -1.46. The van der Waals surface area contributed by atoms with Gasteiger partial charge in [-0.05, 0) is 37.3 Å². The Morgan fingerprint density at radius 2 is 1.86 bits per heavy atom. The van der Waals surface area contributed by atoms with Crippen molar-refractivity contribution in [1.29, 1.82) is 0 Å². The van der Waals surface area contributed by atoms with Crippen molar-refractivity contribution in [3.05, 3.63) is 68.7 Å². The third-order valence-electron chi connectivity index (χ3n) is 2.91. The predicted molar refractivity (Wildman–Crippen MR) is 81.4 cm³/mol. The van der Waals surface area contributed by atoms with E-state index in [0.717, 1.165) is 12.1 Å². The molecule has 0 saturated heterocycles. The largest absolute Gasteiger partial charge is 0.345 e. The quantitative estimate of drug-likeness (QED) is 0.816. The van der Waals surface area contributed by atoms with Crippen molar-refractivity contribution in [3.8, 4) is 0 Å². The lowest BCUT2D eigenvalue weighted by atomic mass is 10.1. The molecule has 0 fully saturated rings. The van der Waals surface area contributed by atoms with Crippen molar-refractivity contribution in [3.63, 3.8) is 0 Å². The molecule has 0 saturated carbocycles. The highest BCUT2D eigenvalue weighted by Gasteiger charge is 2.18. The molecule has 0 aliphatic carbocycles. The number of rotatable bonds is 3. The van der Waals surface area contributed by atoms with Crippen molar-refractivity contribution in [1.82, 2.24) is 5.32 Å². The topological polar surface area (TPSA) is 29.1 Å². The Balaban J connectivity index is 2.23. The molecule has 1 N–H and O–H groups in total. The fourth-order valence-corrected chi connectivity index (χ4v) is 2.82. The molecule has 0 aliphatic heterocycles. The molecule has 2 rings (SSSR count). The minimum atomic E-state index is -0.809. The highest BCUT2D eigenvalue weighted by Crippen LogP contribution is 2.23. The molecule has 110 valence electrons. The predicted octanol–water partition coefficient (Wildman–Crippen LogP) is 4.87. The maximum absolute atomic E-state index is 13.7. The second kappa shape index (κ2) is 6.54. The Bertz CT molecular complexity index is 653. The molecule has 0 radical (unpaired) electrons. The van der Waals surface area contributed by atoms with Gasteiger partial charge in [0, 0.05) is 20.6 Å². The van der Waals surface area contributed by atoms with Crippen LogP contribution in [0.15, 0.2) is 40.9 Å². The molecule has 21 heavy (non-hydrogen) atoms. The summed E-state index contributed by atoms with van der Waals surface area (Å²) in [7, 11) is 0. The molecule has 2 aromatic carbocycles. The lowest BCUT2D eigenvalue weighted by Gasteiger charge is -2.16. The van der Waals surface area contributed by atoms with E-state index in [9.17, 15) is 13.6 Å². The average molecular weight is 375 g/mol. The number of carbonyl (C=O) groups excluding carboxylic acids is 1. The fourth-order valence-electron chi connectivity index (χ4n) is 1.96. The SMILES string of the molecule is CC(NC(=O)c1cc(Cl)cc(Br)c1)c1c(F)cccc1F. The van der Waals surface area contributed by atoms with E-state index in [1.54, 1.807) is 12.1 Å². The van der Waals surface area contributed by atoms with Gasteiger partial charge in [-0.2, -0.15) is 0 Å². The first-order valence-corrected chi connectivity index (χ1v) is 7.26. The molecule has 0 aliphatic rings. The van der Waals surface area contributed by atoms with Crippen LogP contribution in [-0.2, 0) is 0 Å². The molecule has 0 spiro atoms. The molecule has 6 heteroatoms. The minimum Gasteiger partial charge on any atom is -0.345 e. The molecule has 2 nitrogen and oxygen atoms in total. The van der Waals surface area contributed by atoms with Crippen LogP contribution in [0.2, 0.25) is 5.02 Å². The Morgan fingerprint density at radius 1 is 1.24 bits per heavy atom. The van der Waals surface area contributed by atoms with E-state index in [2.05, 4.69) is 21.2 Å². The van der Waals surface area contributed by atoms with Gasteiger partial charge in [-0.25, -0.2) is 8.78 Å². The first-order chi connectivity index (χ1) is 9.88. The van der Waals surface area contributed by atoms with Crippen LogP contribution in [0.1, 0.15) is 28.9 Å². The summed E-state index contributed by atoms with van der Waals surface area (Å²) < 4.78 is 28.0. The number of halogens is 4. The van der Waals surface area contributed by atoms with E-state index >= 15 is 0 Å². The smallest absolute Gasteiger partial charge is 0.251 e. The van der Waals surface area contributed by atoms with Gasteiger partial charge in [-0.3, -0.25) is 4.79 Å². The van der Waals surface area contributed by atoms with Gasteiger partial charge in [-0.1, -0.05) is 33.6 Å². The first-order valence-electron chi connectivity index (χ1n) is 6.09. The van der Waals surface area contributed by atoms with E-state index < -0.39 is 23.6 Å². The summed E-state index contributed by atoms with van der Waals surface area (Å²) in [5.41, 5.74) is 0.130. The van der Waals surface area contributed by atoms with Crippen molar-refractivity contribution in [2.75, 3.05) is 0 Å². The molecule has 0 aromatic heterocycles. The second-order valence-electron chi connectivity index (χ2n) is 4.49. The number of benzene rings is 2. The summed E-state index contributed by atoms with van der Waals surface area (Å²) in [6, 6.07) is 7.46. The van der Waals surface area contributed by atoms with E-state index in [1.807, 2.05) is 0 Å². The van der Waals surface area contributed by atoms with Crippen LogP contribution in [0.5, 0.6) is 0 Å². The Kier molecular flexibility index (Phi) is 4.96. The molecule has 1 unspecified atom stereocenters. The first kappa shape index (κ1) is 15.9. The van der Waals surface area contributed by atoms with Gasteiger partial charge in [0.1, 0.15) is 11.6 Å².